The smallest absolute Gasteiger partial charge is 0.282 e. The minimum absolute atomic E-state index is 0.278. The molecule has 2 aliphatic heterocycles. The third kappa shape index (κ3) is 5.18. The first kappa shape index (κ1) is 20.5. The molecular formula is C19H30N3O4P. The highest BCUT2D eigenvalue weighted by Crippen LogP contribution is 2.52. The maximum absolute atomic E-state index is 13.1. The van der Waals surface area contributed by atoms with Gasteiger partial charge in [-0.25, -0.2) is 9.73 Å². The van der Waals surface area contributed by atoms with E-state index in [9.17, 15) is 14.3 Å². The lowest BCUT2D eigenvalue weighted by atomic mass is 10.1. The summed E-state index contributed by atoms with van der Waals surface area (Å²) in [7, 11) is -2.12. The highest BCUT2D eigenvalue weighted by Gasteiger charge is 2.44. The van der Waals surface area contributed by atoms with Crippen molar-refractivity contribution in [2.45, 2.75) is 37.9 Å². The molecule has 1 aromatic carbocycles. The molecular weight excluding hydrogens is 365 g/mol. The first-order valence-corrected chi connectivity index (χ1v) is 11.4. The van der Waals surface area contributed by atoms with Crippen LogP contribution in [0.25, 0.3) is 0 Å². The van der Waals surface area contributed by atoms with Crippen LogP contribution in [0.5, 0.6) is 0 Å². The highest BCUT2D eigenvalue weighted by atomic mass is 31.2. The van der Waals surface area contributed by atoms with Crippen molar-refractivity contribution in [3.63, 3.8) is 0 Å². The molecule has 150 valence electrons. The van der Waals surface area contributed by atoms with Gasteiger partial charge >= 0.3 is 0 Å². The molecule has 2 heterocycles. The summed E-state index contributed by atoms with van der Waals surface area (Å²) in [6.45, 7) is 4.08. The van der Waals surface area contributed by atoms with Gasteiger partial charge in [0.25, 0.3) is 13.4 Å². The Morgan fingerprint density at radius 2 is 1.89 bits per heavy atom. The normalized spacial score (nSPS) is 23.7. The van der Waals surface area contributed by atoms with Gasteiger partial charge in [-0.1, -0.05) is 30.3 Å². The fourth-order valence-electron chi connectivity index (χ4n) is 3.67. The summed E-state index contributed by atoms with van der Waals surface area (Å²) in [5.41, 5.74) is 0.0490. The maximum atomic E-state index is 13.1. The Hall–Kier alpha value is -1.24. The van der Waals surface area contributed by atoms with Gasteiger partial charge in [0.15, 0.2) is 0 Å². The van der Waals surface area contributed by atoms with Crippen molar-refractivity contribution in [2.24, 2.45) is 0 Å². The molecule has 8 heteroatoms. The number of hydroxylamine groups is 2. The topological polar surface area (TPSA) is 73.3 Å². The molecule has 1 aromatic rings. The number of nitrogens with zero attached hydrogens (tertiary/aromatic N) is 3. The van der Waals surface area contributed by atoms with Gasteiger partial charge in [0.05, 0.1) is 0 Å². The minimum Gasteiger partial charge on any atom is -0.333 e. The van der Waals surface area contributed by atoms with Crippen LogP contribution in [0.15, 0.2) is 30.3 Å². The van der Waals surface area contributed by atoms with Crippen LogP contribution in [0.1, 0.15) is 31.2 Å². The van der Waals surface area contributed by atoms with Crippen molar-refractivity contribution in [1.29, 1.82) is 0 Å². The molecule has 3 rings (SSSR count). The molecule has 2 unspecified atom stereocenters. The number of likely N-dealkylation sites (N-methyl/N-ethyl adjacent to an activating group) is 1. The average molecular weight is 395 g/mol. The van der Waals surface area contributed by atoms with Crippen molar-refractivity contribution in [3.8, 4) is 0 Å². The molecule has 2 atom stereocenters. The van der Waals surface area contributed by atoms with Crippen molar-refractivity contribution in [1.82, 2.24) is 14.6 Å². The van der Waals surface area contributed by atoms with Gasteiger partial charge in [-0.2, -0.15) is 0 Å². The number of hydrogen-bond donors (Lipinski definition) is 1. The fourth-order valence-corrected chi connectivity index (χ4v) is 5.46. The number of hydrogen-bond acceptors (Lipinski definition) is 4. The van der Waals surface area contributed by atoms with Gasteiger partial charge in [-0.05, 0) is 51.4 Å². The Bertz CT molecular complexity index is 666. The van der Waals surface area contributed by atoms with Crippen LogP contribution in [-0.4, -0.2) is 70.9 Å². The van der Waals surface area contributed by atoms with Crippen LogP contribution in [0.3, 0.4) is 0 Å². The van der Waals surface area contributed by atoms with Crippen molar-refractivity contribution in [2.75, 3.05) is 39.8 Å². The summed E-state index contributed by atoms with van der Waals surface area (Å²) in [5, 5.41) is 1.28. The molecule has 27 heavy (non-hydrogen) atoms. The quantitative estimate of drug-likeness (QED) is 0.681. The van der Waals surface area contributed by atoms with E-state index in [-0.39, 0.29) is 12.5 Å². The summed E-state index contributed by atoms with van der Waals surface area (Å²) >= 11 is 0. The summed E-state index contributed by atoms with van der Waals surface area (Å²) in [6, 6.07) is 9.60. The number of rotatable bonds is 8. The van der Waals surface area contributed by atoms with E-state index in [4.69, 9.17) is 4.84 Å². The van der Waals surface area contributed by atoms with Gasteiger partial charge in [0.1, 0.15) is 12.3 Å². The standard InChI is InChI=1S/C19H30N3O4P/c1-20(14-15-21-11-5-6-12-21)27(24,25)18-10-7-13-22(19(18)23)26-16-17-8-3-2-4-9-17/h2-4,8-9,18H,5-7,10-16H2,1H3,(H,24,25). The third-order valence-corrected chi connectivity index (χ3v) is 7.90. The second-order valence-electron chi connectivity index (χ2n) is 7.38. The van der Waals surface area contributed by atoms with E-state index in [2.05, 4.69) is 4.90 Å². The Labute approximate surface area is 161 Å². The number of benzene rings is 1. The largest absolute Gasteiger partial charge is 0.333 e. The summed E-state index contributed by atoms with van der Waals surface area (Å²) in [6.07, 6.45) is 3.46. The van der Waals surface area contributed by atoms with E-state index in [1.54, 1.807) is 7.05 Å². The minimum atomic E-state index is -3.77. The predicted molar refractivity (Wildman–Crippen MR) is 104 cm³/mol. The summed E-state index contributed by atoms with van der Waals surface area (Å²) in [4.78, 5) is 31.5. The van der Waals surface area contributed by atoms with Crippen LogP contribution < -0.4 is 0 Å². The molecule has 0 radical (unpaired) electrons. The molecule has 0 bridgehead atoms. The lowest BCUT2D eigenvalue weighted by Gasteiger charge is -2.36. The van der Waals surface area contributed by atoms with Crippen LogP contribution in [0.4, 0.5) is 0 Å². The molecule has 0 aromatic heterocycles. The molecule has 2 fully saturated rings. The van der Waals surface area contributed by atoms with Gasteiger partial charge < -0.3 is 9.79 Å². The SMILES string of the molecule is CN(CCN1CCCC1)P(=O)(O)C1CCCN(OCc2ccccc2)C1=O. The van der Waals surface area contributed by atoms with E-state index < -0.39 is 13.2 Å². The average Bonchev–Trinajstić information content (AvgIpc) is 3.19. The van der Waals surface area contributed by atoms with Crippen molar-refractivity contribution < 1.29 is 19.1 Å². The van der Waals surface area contributed by atoms with Crippen LogP contribution in [0, 0.1) is 0 Å². The van der Waals surface area contributed by atoms with Crippen LogP contribution in [0.2, 0.25) is 0 Å². The van der Waals surface area contributed by atoms with E-state index in [0.29, 0.717) is 25.9 Å². The van der Waals surface area contributed by atoms with Gasteiger partial charge in [0, 0.05) is 19.6 Å². The second-order valence-corrected chi connectivity index (χ2v) is 9.86. The molecule has 1 amide bonds. The van der Waals surface area contributed by atoms with E-state index in [0.717, 1.165) is 25.2 Å². The van der Waals surface area contributed by atoms with Gasteiger partial charge in [0.2, 0.25) is 0 Å². The molecule has 0 aliphatic carbocycles. The number of piperidine rings is 1. The van der Waals surface area contributed by atoms with E-state index >= 15 is 0 Å². The Kier molecular flexibility index (Phi) is 7.06. The zero-order chi connectivity index (χ0) is 19.3. The number of carbonyl (C=O) groups excluding carboxylic acids is 1. The Balaban J connectivity index is 1.56. The monoisotopic (exact) mass is 395 g/mol. The summed E-state index contributed by atoms with van der Waals surface area (Å²) in [5.74, 6) is -0.379. The lowest BCUT2D eigenvalue weighted by Crippen LogP contribution is -2.46. The number of amides is 1. The van der Waals surface area contributed by atoms with Gasteiger partial charge in [-0.3, -0.25) is 14.2 Å². The molecule has 7 nitrogen and oxygen atoms in total. The van der Waals surface area contributed by atoms with Crippen molar-refractivity contribution >= 4 is 13.4 Å². The molecule has 1 N–H and O–H groups in total. The third-order valence-electron chi connectivity index (χ3n) is 5.43. The fraction of sp³-hybridized carbons (Fsp3) is 0.632. The van der Waals surface area contributed by atoms with Crippen molar-refractivity contribution in [3.05, 3.63) is 35.9 Å². The maximum Gasteiger partial charge on any atom is 0.282 e. The highest BCUT2D eigenvalue weighted by molar-refractivity contribution is 7.57. The molecule has 2 aliphatic rings. The van der Waals surface area contributed by atoms with Crippen LogP contribution >= 0.6 is 7.52 Å². The van der Waals surface area contributed by atoms with E-state index in [1.807, 2.05) is 30.3 Å². The number of carbonyl (C=O) groups is 1. The summed E-state index contributed by atoms with van der Waals surface area (Å²) < 4.78 is 14.5. The lowest BCUT2D eigenvalue weighted by molar-refractivity contribution is -0.196. The zero-order valence-corrected chi connectivity index (χ0v) is 16.9. The molecule has 0 spiro atoms. The first-order valence-electron chi connectivity index (χ1n) is 9.73. The second kappa shape index (κ2) is 9.30. The zero-order valence-electron chi connectivity index (χ0n) is 16.0. The Morgan fingerprint density at radius 1 is 1.19 bits per heavy atom. The van der Waals surface area contributed by atoms with Gasteiger partial charge in [-0.15, -0.1) is 0 Å². The predicted octanol–water partition coefficient (Wildman–Crippen LogP) is 2.32. The van der Waals surface area contributed by atoms with Crippen LogP contribution in [-0.2, 0) is 20.8 Å². The number of likely N-dealkylation sites (tertiary alicyclic amines) is 1. The molecule has 0 saturated carbocycles. The molecule has 2 saturated heterocycles. The first-order chi connectivity index (χ1) is 13.0. The van der Waals surface area contributed by atoms with E-state index in [1.165, 1.54) is 22.6 Å². The Morgan fingerprint density at radius 3 is 2.59 bits per heavy atom.